The molecule has 1 aromatic carbocycles. The van der Waals surface area contributed by atoms with Crippen LogP contribution in [0.2, 0.25) is 5.02 Å². The maximum absolute atomic E-state index is 6.32. The Hall–Kier alpha value is -1.84. The lowest BCUT2D eigenvalue weighted by Gasteiger charge is -2.04. The van der Waals surface area contributed by atoms with Gasteiger partial charge in [0.15, 0.2) is 0 Å². The van der Waals surface area contributed by atoms with Gasteiger partial charge < -0.3 is 10.7 Å². The van der Waals surface area contributed by atoms with E-state index >= 15 is 0 Å². The van der Waals surface area contributed by atoms with Crippen LogP contribution in [-0.4, -0.2) is 16.5 Å². The highest BCUT2D eigenvalue weighted by molar-refractivity contribution is 6.35. The molecule has 0 saturated carbocycles. The van der Waals surface area contributed by atoms with Crippen LogP contribution < -0.4 is 5.73 Å². The minimum absolute atomic E-state index is 0.728. The van der Waals surface area contributed by atoms with Gasteiger partial charge in [-0.2, -0.15) is 0 Å². The Bertz CT molecular complexity index is 734. The van der Waals surface area contributed by atoms with Crippen LogP contribution in [0, 0.1) is 0 Å². The zero-order valence-electron chi connectivity index (χ0n) is 11.8. The van der Waals surface area contributed by atoms with E-state index in [4.69, 9.17) is 17.3 Å². The van der Waals surface area contributed by atoms with Gasteiger partial charge in [-0.3, -0.25) is 4.98 Å². The Morgan fingerprint density at radius 2 is 2.05 bits per heavy atom. The monoisotopic (exact) mass is 299 g/mol. The van der Waals surface area contributed by atoms with Crippen LogP contribution in [-0.2, 0) is 6.42 Å². The van der Waals surface area contributed by atoms with Crippen molar-refractivity contribution in [2.24, 2.45) is 5.73 Å². The van der Waals surface area contributed by atoms with Crippen molar-refractivity contribution in [1.82, 2.24) is 9.97 Å². The molecule has 3 nitrogen and oxygen atoms in total. The molecule has 0 amide bonds. The number of halogens is 1. The van der Waals surface area contributed by atoms with Crippen LogP contribution in [0.1, 0.15) is 18.4 Å². The molecule has 4 heteroatoms. The fraction of sp³-hybridized carbons (Fsp3) is 0.235. The molecule has 0 aliphatic rings. The Labute approximate surface area is 129 Å². The molecule has 2 heterocycles. The molecular weight excluding hydrogens is 282 g/mol. The van der Waals surface area contributed by atoms with E-state index in [1.54, 1.807) is 6.20 Å². The largest absolute Gasteiger partial charge is 0.353 e. The average Bonchev–Trinajstić information content (AvgIpc) is 2.89. The maximum Gasteiger partial charge on any atom is 0.0651 e. The van der Waals surface area contributed by atoms with Crippen molar-refractivity contribution < 1.29 is 0 Å². The van der Waals surface area contributed by atoms with Crippen LogP contribution in [0.4, 0.5) is 0 Å². The highest BCUT2D eigenvalue weighted by Gasteiger charge is 2.14. The zero-order valence-corrected chi connectivity index (χ0v) is 12.5. The minimum atomic E-state index is 0.728. The number of aromatic amines is 1. The Balaban J connectivity index is 2.13. The molecule has 0 atom stereocenters. The number of nitrogens with one attached hydrogen (secondary N) is 1. The third-order valence-electron chi connectivity index (χ3n) is 3.72. The van der Waals surface area contributed by atoms with Crippen molar-refractivity contribution in [2.45, 2.75) is 19.3 Å². The van der Waals surface area contributed by atoms with Gasteiger partial charge in [0.2, 0.25) is 0 Å². The molecule has 0 aliphatic carbocycles. The van der Waals surface area contributed by atoms with Crippen LogP contribution in [0.3, 0.4) is 0 Å². The second kappa shape index (κ2) is 6.29. The summed E-state index contributed by atoms with van der Waals surface area (Å²) in [5, 5.41) is 1.95. The van der Waals surface area contributed by atoms with Crippen molar-refractivity contribution >= 4 is 22.5 Å². The second-order valence-electron chi connectivity index (χ2n) is 5.13. The lowest BCUT2D eigenvalue weighted by Crippen LogP contribution is -1.99. The summed E-state index contributed by atoms with van der Waals surface area (Å²) < 4.78 is 0. The highest BCUT2D eigenvalue weighted by atomic mass is 35.5. The standard InChI is InChI=1S/C17H18ClN3/c18-15-8-3-7-14-13(6-1-2-9-19)16(21-17(14)15)12-5-4-10-20-11-12/h3-5,7-8,10-11,21H,1-2,6,9,19H2. The van der Waals surface area contributed by atoms with E-state index in [0.717, 1.165) is 47.6 Å². The molecule has 3 aromatic rings. The van der Waals surface area contributed by atoms with Crippen molar-refractivity contribution in [1.29, 1.82) is 0 Å². The summed E-state index contributed by atoms with van der Waals surface area (Å²) in [4.78, 5) is 7.69. The van der Waals surface area contributed by atoms with Crippen LogP contribution in [0.5, 0.6) is 0 Å². The number of pyridine rings is 1. The third kappa shape index (κ3) is 2.80. The molecule has 0 aliphatic heterocycles. The van der Waals surface area contributed by atoms with Gasteiger partial charge in [-0.25, -0.2) is 0 Å². The predicted octanol–water partition coefficient (Wildman–Crippen LogP) is 4.16. The molecule has 3 N–H and O–H groups in total. The number of aromatic nitrogens is 2. The molecule has 0 bridgehead atoms. The van der Waals surface area contributed by atoms with E-state index in [1.807, 2.05) is 24.4 Å². The summed E-state index contributed by atoms with van der Waals surface area (Å²) in [7, 11) is 0. The van der Waals surface area contributed by atoms with E-state index in [-0.39, 0.29) is 0 Å². The number of hydrogen-bond acceptors (Lipinski definition) is 2. The van der Waals surface area contributed by atoms with Crippen molar-refractivity contribution in [3.8, 4) is 11.3 Å². The first-order chi connectivity index (χ1) is 10.3. The minimum Gasteiger partial charge on any atom is -0.353 e. The summed E-state index contributed by atoms with van der Waals surface area (Å²) in [6, 6.07) is 10.1. The number of benzene rings is 1. The van der Waals surface area contributed by atoms with Crippen molar-refractivity contribution in [3.05, 3.63) is 53.3 Å². The Kier molecular flexibility index (Phi) is 4.23. The normalized spacial score (nSPS) is 11.1. The fourth-order valence-electron chi connectivity index (χ4n) is 2.70. The Morgan fingerprint density at radius 3 is 2.81 bits per heavy atom. The summed E-state index contributed by atoms with van der Waals surface area (Å²) in [5.41, 5.74) is 10.1. The van der Waals surface area contributed by atoms with Gasteiger partial charge >= 0.3 is 0 Å². The van der Waals surface area contributed by atoms with E-state index < -0.39 is 0 Å². The van der Waals surface area contributed by atoms with Crippen molar-refractivity contribution in [3.63, 3.8) is 0 Å². The average molecular weight is 300 g/mol. The summed E-state index contributed by atoms with van der Waals surface area (Å²) in [6.45, 7) is 0.728. The predicted molar refractivity (Wildman–Crippen MR) is 88.5 cm³/mol. The van der Waals surface area contributed by atoms with Gasteiger partial charge in [-0.15, -0.1) is 0 Å². The number of rotatable bonds is 5. The maximum atomic E-state index is 6.32. The molecule has 3 rings (SSSR count). The number of fused-ring (bicyclic) bond motifs is 1. The number of nitrogens with two attached hydrogens (primary N) is 1. The van der Waals surface area contributed by atoms with Crippen LogP contribution >= 0.6 is 11.6 Å². The first-order valence-electron chi connectivity index (χ1n) is 7.21. The number of H-pyrrole nitrogens is 1. The number of para-hydroxylation sites is 1. The number of unbranched alkanes of at least 4 members (excludes halogenated alkanes) is 1. The fourth-order valence-corrected chi connectivity index (χ4v) is 2.92. The molecule has 0 saturated heterocycles. The molecule has 21 heavy (non-hydrogen) atoms. The van der Waals surface area contributed by atoms with Gasteiger partial charge in [0.25, 0.3) is 0 Å². The molecule has 0 spiro atoms. The molecule has 0 fully saturated rings. The summed E-state index contributed by atoms with van der Waals surface area (Å²) in [6.07, 6.45) is 6.75. The molecule has 108 valence electrons. The lowest BCUT2D eigenvalue weighted by atomic mass is 10.0. The topological polar surface area (TPSA) is 54.7 Å². The first-order valence-corrected chi connectivity index (χ1v) is 7.58. The third-order valence-corrected chi connectivity index (χ3v) is 4.04. The smallest absolute Gasteiger partial charge is 0.0651 e. The summed E-state index contributed by atoms with van der Waals surface area (Å²) >= 11 is 6.32. The Morgan fingerprint density at radius 1 is 1.14 bits per heavy atom. The molecule has 2 aromatic heterocycles. The van der Waals surface area contributed by atoms with Gasteiger partial charge in [-0.05, 0) is 49.6 Å². The van der Waals surface area contributed by atoms with Gasteiger partial charge in [0.05, 0.1) is 16.2 Å². The number of hydrogen-bond donors (Lipinski definition) is 2. The SMILES string of the molecule is NCCCCc1c(-c2cccnc2)[nH]c2c(Cl)cccc12. The van der Waals surface area contributed by atoms with E-state index in [1.165, 1.54) is 10.9 Å². The zero-order chi connectivity index (χ0) is 14.7. The lowest BCUT2D eigenvalue weighted by molar-refractivity contribution is 0.748. The number of nitrogens with zero attached hydrogens (tertiary/aromatic N) is 1. The van der Waals surface area contributed by atoms with Gasteiger partial charge in [0.1, 0.15) is 0 Å². The van der Waals surface area contributed by atoms with Gasteiger partial charge in [0, 0.05) is 23.3 Å². The van der Waals surface area contributed by atoms with E-state index in [9.17, 15) is 0 Å². The van der Waals surface area contributed by atoms with Gasteiger partial charge in [-0.1, -0.05) is 23.7 Å². The molecule has 0 unspecified atom stereocenters. The quantitative estimate of drug-likeness (QED) is 0.695. The second-order valence-corrected chi connectivity index (χ2v) is 5.54. The first kappa shape index (κ1) is 14.1. The summed E-state index contributed by atoms with van der Waals surface area (Å²) in [5.74, 6) is 0. The van der Waals surface area contributed by atoms with Crippen LogP contribution in [0.15, 0.2) is 42.7 Å². The van der Waals surface area contributed by atoms with E-state index in [0.29, 0.717) is 0 Å². The van der Waals surface area contributed by atoms with Crippen LogP contribution in [0.25, 0.3) is 22.2 Å². The van der Waals surface area contributed by atoms with Crippen molar-refractivity contribution in [2.75, 3.05) is 6.54 Å². The molecule has 0 radical (unpaired) electrons. The molecular formula is C17H18ClN3. The number of aryl methyl sites for hydroxylation is 1. The van der Waals surface area contributed by atoms with E-state index in [2.05, 4.69) is 22.1 Å². The highest BCUT2D eigenvalue weighted by Crippen LogP contribution is 2.34.